The molecule has 0 unspecified atom stereocenters. The lowest BCUT2D eigenvalue weighted by Gasteiger charge is -2.06. The molecule has 2 amide bonds. The Hall–Kier alpha value is -2.63. The molecule has 0 aliphatic carbocycles. The highest BCUT2D eigenvalue weighted by atomic mass is 19.1. The predicted octanol–water partition coefficient (Wildman–Crippen LogP) is 1.39. The second-order valence-electron chi connectivity index (χ2n) is 4.40. The molecule has 1 heterocycles. The molecule has 2 aromatic rings. The molecule has 0 radical (unpaired) electrons. The van der Waals surface area contributed by atoms with Gasteiger partial charge in [-0.1, -0.05) is 18.2 Å². The molecule has 1 aromatic carbocycles. The number of hydrogen-bond acceptors (Lipinski definition) is 3. The van der Waals surface area contributed by atoms with Crippen molar-refractivity contribution in [2.75, 3.05) is 6.54 Å². The van der Waals surface area contributed by atoms with Crippen LogP contribution in [0.4, 0.5) is 4.39 Å². The number of hydrogen-bond donors (Lipinski definition) is 2. The van der Waals surface area contributed by atoms with Crippen molar-refractivity contribution < 1.29 is 18.4 Å². The van der Waals surface area contributed by atoms with E-state index in [0.29, 0.717) is 11.3 Å². The van der Waals surface area contributed by atoms with Gasteiger partial charge in [-0.05, 0) is 23.8 Å². The summed E-state index contributed by atoms with van der Waals surface area (Å²) in [6.07, 6.45) is 1.41. The fourth-order valence-electron chi connectivity index (χ4n) is 1.72. The minimum atomic E-state index is -0.435. The Morgan fingerprint density at radius 3 is 2.57 bits per heavy atom. The summed E-state index contributed by atoms with van der Waals surface area (Å²) in [6.45, 7) is 0.100. The zero-order chi connectivity index (χ0) is 15.1. The van der Waals surface area contributed by atoms with Gasteiger partial charge in [-0.25, -0.2) is 4.39 Å². The first-order chi connectivity index (χ1) is 10.1. The third kappa shape index (κ3) is 4.76. The van der Waals surface area contributed by atoms with Gasteiger partial charge in [-0.2, -0.15) is 0 Å². The summed E-state index contributed by atoms with van der Waals surface area (Å²) >= 11 is 0. The van der Waals surface area contributed by atoms with E-state index in [9.17, 15) is 14.0 Å². The van der Waals surface area contributed by atoms with Gasteiger partial charge in [0, 0.05) is 0 Å². The molecule has 1 aromatic heterocycles. The molecule has 0 aliphatic heterocycles. The third-order valence-corrected chi connectivity index (χ3v) is 2.79. The van der Waals surface area contributed by atoms with Gasteiger partial charge in [0.15, 0.2) is 0 Å². The molecule has 6 heteroatoms. The third-order valence-electron chi connectivity index (χ3n) is 2.79. The maximum absolute atomic E-state index is 13.4. The number of nitrogens with one attached hydrogen (secondary N) is 2. The number of halogens is 1. The summed E-state index contributed by atoms with van der Waals surface area (Å²) < 4.78 is 18.4. The van der Waals surface area contributed by atoms with Crippen molar-refractivity contribution in [3.8, 4) is 0 Å². The van der Waals surface area contributed by atoms with Crippen molar-refractivity contribution in [2.45, 2.75) is 13.0 Å². The quantitative estimate of drug-likeness (QED) is 0.844. The zero-order valence-electron chi connectivity index (χ0n) is 11.3. The molecule has 0 bridgehead atoms. The zero-order valence-corrected chi connectivity index (χ0v) is 11.3. The minimum absolute atomic E-state index is 0.0991. The van der Waals surface area contributed by atoms with Crippen molar-refractivity contribution in [3.05, 3.63) is 59.8 Å². The maximum atomic E-state index is 13.4. The van der Waals surface area contributed by atoms with Crippen molar-refractivity contribution in [1.29, 1.82) is 0 Å². The predicted molar refractivity (Wildman–Crippen MR) is 73.7 cm³/mol. The molecule has 0 saturated heterocycles. The Morgan fingerprint density at radius 1 is 1.05 bits per heavy atom. The summed E-state index contributed by atoms with van der Waals surface area (Å²) in [6, 6.07) is 9.49. The van der Waals surface area contributed by atoms with Crippen LogP contribution in [0.5, 0.6) is 0 Å². The second kappa shape index (κ2) is 7.23. The molecule has 2 N–H and O–H groups in total. The van der Waals surface area contributed by atoms with E-state index in [4.69, 9.17) is 4.42 Å². The number of rotatable bonds is 6. The number of benzene rings is 1. The van der Waals surface area contributed by atoms with Crippen molar-refractivity contribution in [2.24, 2.45) is 0 Å². The van der Waals surface area contributed by atoms with Crippen molar-refractivity contribution >= 4 is 11.8 Å². The van der Waals surface area contributed by atoms with E-state index in [0.717, 1.165) is 0 Å². The lowest BCUT2D eigenvalue weighted by molar-refractivity contribution is -0.125. The van der Waals surface area contributed by atoms with Crippen molar-refractivity contribution in [3.63, 3.8) is 0 Å². The largest absolute Gasteiger partial charge is 0.467 e. The Labute approximate surface area is 121 Å². The van der Waals surface area contributed by atoms with Crippen LogP contribution in [0.25, 0.3) is 0 Å². The van der Waals surface area contributed by atoms with Gasteiger partial charge in [-0.15, -0.1) is 0 Å². The highest BCUT2D eigenvalue weighted by Gasteiger charge is 2.09. The molecule has 2 rings (SSSR count). The topological polar surface area (TPSA) is 71.3 Å². The number of furan rings is 1. The fraction of sp³-hybridized carbons (Fsp3) is 0.200. The first kappa shape index (κ1) is 14.8. The first-order valence-electron chi connectivity index (χ1n) is 6.44. The lowest BCUT2D eigenvalue weighted by atomic mass is 10.1. The van der Waals surface area contributed by atoms with E-state index in [1.165, 1.54) is 18.4 Å². The van der Waals surface area contributed by atoms with Crippen LogP contribution in [-0.2, 0) is 22.6 Å². The van der Waals surface area contributed by atoms with E-state index in [-0.39, 0.29) is 25.4 Å². The smallest absolute Gasteiger partial charge is 0.239 e. The Balaban J connectivity index is 1.71. The number of amides is 2. The summed E-state index contributed by atoms with van der Waals surface area (Å²) in [5.41, 5.74) is 0.297. The Bertz CT molecular complexity index is 611. The van der Waals surface area contributed by atoms with Crippen LogP contribution in [0.2, 0.25) is 0 Å². The monoisotopic (exact) mass is 290 g/mol. The number of carbonyl (C=O) groups is 2. The highest BCUT2D eigenvalue weighted by molar-refractivity contribution is 5.85. The average molecular weight is 290 g/mol. The van der Waals surface area contributed by atoms with E-state index in [1.54, 1.807) is 24.3 Å². The van der Waals surface area contributed by atoms with E-state index in [2.05, 4.69) is 10.6 Å². The molecule has 0 atom stereocenters. The van der Waals surface area contributed by atoms with Crippen LogP contribution in [0.3, 0.4) is 0 Å². The summed E-state index contributed by atoms with van der Waals surface area (Å²) in [5, 5.41) is 5.03. The van der Waals surface area contributed by atoms with Gasteiger partial charge in [0.2, 0.25) is 11.8 Å². The van der Waals surface area contributed by atoms with Crippen LogP contribution in [0, 0.1) is 5.82 Å². The Morgan fingerprint density at radius 2 is 1.86 bits per heavy atom. The molecule has 110 valence electrons. The van der Waals surface area contributed by atoms with Crippen LogP contribution in [-0.4, -0.2) is 18.4 Å². The molecule has 0 fully saturated rings. The molecular formula is C15H15FN2O3. The molecule has 0 aliphatic rings. The first-order valence-corrected chi connectivity index (χ1v) is 6.44. The summed E-state index contributed by atoms with van der Waals surface area (Å²) in [7, 11) is 0. The standard InChI is InChI=1S/C15H15FN2O3/c16-13-6-2-1-4-11(13)8-14(19)18-10-15(20)17-9-12-5-3-7-21-12/h1-7H,8-10H2,(H,17,20)(H,18,19). The van der Waals surface area contributed by atoms with E-state index in [1.807, 2.05) is 0 Å². The van der Waals surface area contributed by atoms with Crippen LogP contribution >= 0.6 is 0 Å². The summed E-state index contributed by atoms with van der Waals surface area (Å²) in [4.78, 5) is 23.1. The highest BCUT2D eigenvalue weighted by Crippen LogP contribution is 2.06. The number of carbonyl (C=O) groups excluding carboxylic acids is 2. The maximum Gasteiger partial charge on any atom is 0.239 e. The molecule has 0 spiro atoms. The van der Waals surface area contributed by atoms with Crippen LogP contribution in [0.15, 0.2) is 47.1 Å². The molecule has 21 heavy (non-hydrogen) atoms. The van der Waals surface area contributed by atoms with Gasteiger partial charge in [0.1, 0.15) is 11.6 Å². The van der Waals surface area contributed by atoms with Gasteiger partial charge < -0.3 is 15.1 Å². The van der Waals surface area contributed by atoms with Crippen LogP contribution in [0.1, 0.15) is 11.3 Å². The van der Waals surface area contributed by atoms with E-state index < -0.39 is 11.7 Å². The van der Waals surface area contributed by atoms with Gasteiger partial charge in [-0.3, -0.25) is 9.59 Å². The van der Waals surface area contributed by atoms with Gasteiger partial charge in [0.05, 0.1) is 25.8 Å². The average Bonchev–Trinajstić information content (AvgIpc) is 2.99. The minimum Gasteiger partial charge on any atom is -0.467 e. The summed E-state index contributed by atoms with van der Waals surface area (Å²) in [5.74, 6) is -0.558. The second-order valence-corrected chi connectivity index (χ2v) is 4.40. The SMILES string of the molecule is O=C(CNC(=O)Cc1ccccc1F)NCc1ccco1. The lowest BCUT2D eigenvalue weighted by Crippen LogP contribution is -2.37. The molecular weight excluding hydrogens is 275 g/mol. The molecule has 5 nitrogen and oxygen atoms in total. The molecule has 0 saturated carbocycles. The normalized spacial score (nSPS) is 10.1. The van der Waals surface area contributed by atoms with Gasteiger partial charge >= 0.3 is 0 Å². The van der Waals surface area contributed by atoms with Crippen LogP contribution < -0.4 is 10.6 Å². The van der Waals surface area contributed by atoms with Gasteiger partial charge in [0.25, 0.3) is 0 Å². The fourth-order valence-corrected chi connectivity index (χ4v) is 1.72. The van der Waals surface area contributed by atoms with E-state index >= 15 is 0 Å². The van der Waals surface area contributed by atoms with Crippen molar-refractivity contribution in [1.82, 2.24) is 10.6 Å². The Kier molecular flexibility index (Phi) is 5.09.